The van der Waals surface area contributed by atoms with Crippen LogP contribution in [-0.2, 0) is 4.79 Å². The quantitative estimate of drug-likeness (QED) is 0.704. The van der Waals surface area contributed by atoms with Gasteiger partial charge in [0.15, 0.2) is 0 Å². The molecule has 4 nitrogen and oxygen atoms in total. The van der Waals surface area contributed by atoms with Crippen molar-refractivity contribution in [3.63, 3.8) is 0 Å². The van der Waals surface area contributed by atoms with E-state index in [9.17, 15) is 18.0 Å². The SMILES string of the molecule is CC(C)NC(=O)CN(CCN)CC(F)(F)F. The van der Waals surface area contributed by atoms with Crippen molar-refractivity contribution in [1.29, 1.82) is 0 Å². The fourth-order valence-electron chi connectivity index (χ4n) is 1.22. The molecule has 0 radical (unpaired) electrons. The van der Waals surface area contributed by atoms with Crippen molar-refractivity contribution < 1.29 is 18.0 Å². The molecule has 0 aromatic rings. The van der Waals surface area contributed by atoms with Crippen LogP contribution in [0.4, 0.5) is 13.2 Å². The molecule has 0 fully saturated rings. The van der Waals surface area contributed by atoms with Crippen LogP contribution in [0.5, 0.6) is 0 Å². The van der Waals surface area contributed by atoms with Gasteiger partial charge in [-0.25, -0.2) is 0 Å². The molecule has 0 rings (SSSR count). The van der Waals surface area contributed by atoms with Gasteiger partial charge in [-0.1, -0.05) is 0 Å². The molecule has 0 aliphatic carbocycles. The first-order valence-electron chi connectivity index (χ1n) is 5.03. The van der Waals surface area contributed by atoms with Gasteiger partial charge in [0, 0.05) is 19.1 Å². The Morgan fingerprint density at radius 3 is 2.38 bits per heavy atom. The van der Waals surface area contributed by atoms with E-state index < -0.39 is 18.6 Å². The van der Waals surface area contributed by atoms with Gasteiger partial charge in [-0.05, 0) is 13.8 Å². The van der Waals surface area contributed by atoms with Crippen LogP contribution in [0.2, 0.25) is 0 Å². The Hall–Kier alpha value is -0.820. The maximum Gasteiger partial charge on any atom is 0.401 e. The fraction of sp³-hybridized carbons (Fsp3) is 0.889. The number of carbonyl (C=O) groups is 1. The van der Waals surface area contributed by atoms with Crippen LogP contribution in [-0.4, -0.2) is 49.2 Å². The van der Waals surface area contributed by atoms with Crippen LogP contribution < -0.4 is 11.1 Å². The van der Waals surface area contributed by atoms with E-state index in [1.54, 1.807) is 13.8 Å². The molecule has 0 unspecified atom stereocenters. The third-order valence-corrected chi connectivity index (χ3v) is 1.67. The lowest BCUT2D eigenvalue weighted by Gasteiger charge is -2.22. The minimum Gasteiger partial charge on any atom is -0.353 e. The van der Waals surface area contributed by atoms with Gasteiger partial charge in [0.1, 0.15) is 0 Å². The highest BCUT2D eigenvalue weighted by molar-refractivity contribution is 5.78. The summed E-state index contributed by atoms with van der Waals surface area (Å²) in [6.45, 7) is 2.23. The summed E-state index contributed by atoms with van der Waals surface area (Å²) in [5, 5.41) is 2.53. The molecule has 0 saturated heterocycles. The summed E-state index contributed by atoms with van der Waals surface area (Å²) in [6, 6.07) is -0.0851. The minimum absolute atomic E-state index is 0.0467. The molecule has 0 aliphatic rings. The van der Waals surface area contributed by atoms with Crippen LogP contribution in [0.25, 0.3) is 0 Å². The molecular weight excluding hydrogens is 223 g/mol. The first-order valence-corrected chi connectivity index (χ1v) is 5.03. The maximum absolute atomic E-state index is 12.1. The number of nitrogens with one attached hydrogen (secondary N) is 1. The van der Waals surface area contributed by atoms with Crippen molar-refractivity contribution in [2.45, 2.75) is 26.1 Å². The number of carbonyl (C=O) groups excluding carboxylic acids is 1. The lowest BCUT2D eigenvalue weighted by Crippen LogP contribution is -2.45. The molecule has 0 bridgehead atoms. The first kappa shape index (κ1) is 15.2. The van der Waals surface area contributed by atoms with Crippen molar-refractivity contribution in [2.24, 2.45) is 5.73 Å². The van der Waals surface area contributed by atoms with Gasteiger partial charge >= 0.3 is 6.18 Å². The molecule has 1 amide bonds. The van der Waals surface area contributed by atoms with Crippen molar-refractivity contribution in [2.75, 3.05) is 26.2 Å². The summed E-state index contributed by atoms with van der Waals surface area (Å²) in [6.07, 6.45) is -4.31. The average Bonchev–Trinajstić information content (AvgIpc) is 1.98. The monoisotopic (exact) mass is 241 g/mol. The molecule has 16 heavy (non-hydrogen) atoms. The summed E-state index contributed by atoms with van der Waals surface area (Å²) in [5.41, 5.74) is 5.18. The Kier molecular flexibility index (Phi) is 6.35. The van der Waals surface area contributed by atoms with Crippen molar-refractivity contribution >= 4 is 5.91 Å². The van der Waals surface area contributed by atoms with E-state index >= 15 is 0 Å². The predicted molar refractivity (Wildman–Crippen MR) is 54.8 cm³/mol. The lowest BCUT2D eigenvalue weighted by molar-refractivity contribution is -0.148. The third-order valence-electron chi connectivity index (χ3n) is 1.67. The van der Waals surface area contributed by atoms with Gasteiger partial charge in [-0.15, -0.1) is 0 Å². The molecule has 0 aromatic carbocycles. The highest BCUT2D eigenvalue weighted by atomic mass is 19.4. The van der Waals surface area contributed by atoms with Gasteiger partial charge in [0.25, 0.3) is 0 Å². The van der Waals surface area contributed by atoms with Gasteiger partial charge in [0.05, 0.1) is 13.1 Å². The minimum atomic E-state index is -4.31. The van der Waals surface area contributed by atoms with Gasteiger partial charge in [-0.3, -0.25) is 9.69 Å². The number of hydrogen-bond acceptors (Lipinski definition) is 3. The van der Waals surface area contributed by atoms with E-state index in [-0.39, 0.29) is 25.7 Å². The number of nitrogens with two attached hydrogens (primary N) is 1. The van der Waals surface area contributed by atoms with Gasteiger partial charge < -0.3 is 11.1 Å². The van der Waals surface area contributed by atoms with Crippen LogP contribution in [0.1, 0.15) is 13.8 Å². The van der Waals surface area contributed by atoms with E-state index in [0.717, 1.165) is 4.90 Å². The smallest absolute Gasteiger partial charge is 0.353 e. The number of amides is 1. The summed E-state index contributed by atoms with van der Waals surface area (Å²) in [4.78, 5) is 12.2. The molecule has 0 aromatic heterocycles. The van der Waals surface area contributed by atoms with Gasteiger partial charge in [0.2, 0.25) is 5.91 Å². The van der Waals surface area contributed by atoms with Crippen LogP contribution in [0.15, 0.2) is 0 Å². The van der Waals surface area contributed by atoms with E-state index in [4.69, 9.17) is 5.73 Å². The van der Waals surface area contributed by atoms with E-state index in [1.165, 1.54) is 0 Å². The second-order valence-electron chi connectivity index (χ2n) is 3.84. The Labute approximate surface area is 93.0 Å². The molecule has 0 heterocycles. The van der Waals surface area contributed by atoms with E-state index in [2.05, 4.69) is 5.32 Å². The number of alkyl halides is 3. The summed E-state index contributed by atoms with van der Waals surface area (Å²) in [7, 11) is 0. The Balaban J connectivity index is 4.17. The zero-order valence-corrected chi connectivity index (χ0v) is 9.47. The second kappa shape index (κ2) is 6.70. The van der Waals surface area contributed by atoms with Crippen LogP contribution >= 0.6 is 0 Å². The topological polar surface area (TPSA) is 58.4 Å². The molecule has 7 heteroatoms. The van der Waals surface area contributed by atoms with Crippen LogP contribution in [0.3, 0.4) is 0 Å². The molecule has 3 N–H and O–H groups in total. The van der Waals surface area contributed by atoms with Crippen molar-refractivity contribution in [3.8, 4) is 0 Å². The normalized spacial score (nSPS) is 12.2. The largest absolute Gasteiger partial charge is 0.401 e. The maximum atomic E-state index is 12.1. The lowest BCUT2D eigenvalue weighted by atomic mass is 10.3. The second-order valence-corrected chi connectivity index (χ2v) is 3.84. The highest BCUT2D eigenvalue weighted by Crippen LogP contribution is 2.15. The molecule has 0 aliphatic heterocycles. The standard InChI is InChI=1S/C9H18F3N3O/c1-7(2)14-8(16)5-15(4-3-13)6-9(10,11)12/h7H,3-6,13H2,1-2H3,(H,14,16). The summed E-state index contributed by atoms with van der Waals surface area (Å²) >= 11 is 0. The van der Waals surface area contributed by atoms with E-state index in [1.807, 2.05) is 0 Å². The molecule has 0 atom stereocenters. The Morgan fingerprint density at radius 1 is 1.44 bits per heavy atom. The Bertz CT molecular complexity index is 219. The van der Waals surface area contributed by atoms with Crippen LogP contribution in [0, 0.1) is 0 Å². The Morgan fingerprint density at radius 2 is 2.00 bits per heavy atom. The van der Waals surface area contributed by atoms with Crippen molar-refractivity contribution in [1.82, 2.24) is 10.2 Å². The zero-order chi connectivity index (χ0) is 12.8. The average molecular weight is 241 g/mol. The zero-order valence-electron chi connectivity index (χ0n) is 9.47. The third kappa shape index (κ3) is 8.49. The number of halogens is 3. The predicted octanol–water partition coefficient (Wildman–Crippen LogP) is 0.334. The fourth-order valence-corrected chi connectivity index (χ4v) is 1.22. The van der Waals surface area contributed by atoms with Gasteiger partial charge in [-0.2, -0.15) is 13.2 Å². The van der Waals surface area contributed by atoms with Crippen molar-refractivity contribution in [3.05, 3.63) is 0 Å². The number of hydrogen-bond donors (Lipinski definition) is 2. The molecule has 0 spiro atoms. The molecule has 96 valence electrons. The first-order chi connectivity index (χ1) is 7.24. The summed E-state index contributed by atoms with van der Waals surface area (Å²) < 4.78 is 36.4. The number of nitrogens with zero attached hydrogens (tertiary/aromatic N) is 1. The summed E-state index contributed by atoms with van der Waals surface area (Å²) in [5.74, 6) is -0.423. The molecule has 0 saturated carbocycles. The highest BCUT2D eigenvalue weighted by Gasteiger charge is 2.31. The van der Waals surface area contributed by atoms with E-state index in [0.29, 0.717) is 0 Å². The molecular formula is C9H18F3N3O. The number of rotatable bonds is 6.